The topological polar surface area (TPSA) is 436 Å². The predicted molar refractivity (Wildman–Crippen MR) is 350 cm³/mol. The van der Waals surface area contributed by atoms with Gasteiger partial charge in [-0.3, -0.25) is 62.7 Å². The van der Waals surface area contributed by atoms with Crippen molar-refractivity contribution in [3.8, 4) is 0 Å². The number of carbonyl (C=O) groups excluding carboxylic acids is 10. The van der Waals surface area contributed by atoms with Crippen LogP contribution in [0.3, 0.4) is 0 Å². The van der Waals surface area contributed by atoms with Gasteiger partial charge >= 0.3 is 5.97 Å². The average molecular weight is 1290 g/mol. The summed E-state index contributed by atoms with van der Waals surface area (Å²) in [5.41, 5.74) is 28.6. The summed E-state index contributed by atoms with van der Waals surface area (Å²) >= 11 is 0. The third kappa shape index (κ3) is 25.9. The predicted octanol–water partition coefficient (Wildman–Crippen LogP) is 1.25. The Hall–Kier alpha value is -8.07. The summed E-state index contributed by atoms with van der Waals surface area (Å²) in [5.74, 6) is -9.48. The van der Waals surface area contributed by atoms with Gasteiger partial charge in [-0.15, -0.1) is 0 Å². The zero-order valence-corrected chi connectivity index (χ0v) is 55.8. The van der Waals surface area contributed by atoms with E-state index in [-0.39, 0.29) is 101 Å². The molecule has 3 rings (SSSR count). The molecule has 28 heteroatoms. The van der Waals surface area contributed by atoms with Gasteiger partial charge in [-0.1, -0.05) is 111 Å². The minimum atomic E-state index is -1.78. The maximum absolute atomic E-state index is 15.0. The molecule has 2 saturated heterocycles. The number of piperidine rings is 1. The van der Waals surface area contributed by atoms with Crippen LogP contribution in [-0.2, 0) is 59.2 Å². The van der Waals surface area contributed by atoms with E-state index >= 15 is 4.79 Å². The standard InChI is InChI=1S/C64H108N16O12/c1-10-12-13-14-18-30-51(81)79-33-20-19-28-47(79)61(91)78(9)50(37-42-24-16-15-17-25-42)59(89)73-43(26-21-31-70-63(66)67)55(85)75-46(35-39(3)4)60(90)80-34-23-29-48(80)62(92)77(8)49(36-40(5)6)58(88)74-45(38-52(82)83)57(87)72-44(27-22-32-71-64(68)69)56(86)76-53(54(65)84)41(7)11-2/h15-17,24-25,39-41,43-50,53H,10-14,18-23,26-38H2,1-9H3,(H2,65,84)(H,72,87)(H,73,89)(H,74,88)(H,75,85)(H,76,86)(H,82,83)(H4,66,67,70)(H4,68,69,71)/t41-,43-,44-,45-,46-,47-,48-,49+,50-,53-/m0/s1. The second kappa shape index (κ2) is 40.0. The first-order chi connectivity index (χ1) is 43.5. The summed E-state index contributed by atoms with van der Waals surface area (Å²) in [6.07, 6.45) is 7.46. The molecular formula is C64H108N16O12. The molecule has 92 heavy (non-hydrogen) atoms. The quantitative estimate of drug-likeness (QED) is 0.0250. The van der Waals surface area contributed by atoms with Gasteiger partial charge in [0, 0.05) is 53.1 Å². The lowest BCUT2D eigenvalue weighted by atomic mass is 9.97. The number of carboxylic acid groups (broad SMARTS) is 1. The van der Waals surface area contributed by atoms with Crippen molar-refractivity contribution in [3.63, 3.8) is 0 Å². The average Bonchev–Trinajstić information content (AvgIpc) is 1.43. The molecule has 16 N–H and O–H groups in total. The lowest BCUT2D eigenvalue weighted by Gasteiger charge is -2.39. The zero-order chi connectivity index (χ0) is 68.8. The Balaban J connectivity index is 1.96. The molecule has 516 valence electrons. The Bertz CT molecular complexity index is 2670. The minimum absolute atomic E-state index is 0.00784. The lowest BCUT2D eigenvalue weighted by molar-refractivity contribution is -0.150. The Kier molecular flexibility index (Phi) is 34.0. The number of likely N-dealkylation sites (tertiary alicyclic amines) is 2. The highest BCUT2D eigenvalue weighted by Crippen LogP contribution is 2.26. The van der Waals surface area contributed by atoms with Crippen molar-refractivity contribution in [1.29, 1.82) is 0 Å². The number of nitrogens with two attached hydrogens (primary N) is 5. The molecule has 0 radical (unpaired) electrons. The van der Waals surface area contributed by atoms with Crippen LogP contribution in [0.1, 0.15) is 176 Å². The number of primary amides is 1. The maximum atomic E-state index is 15.0. The molecule has 0 saturated carbocycles. The first-order valence-electron chi connectivity index (χ1n) is 32.8. The number of likely N-dealkylation sites (N-methyl/N-ethyl adjacent to an activating group) is 2. The van der Waals surface area contributed by atoms with Gasteiger partial charge in [-0.05, 0) is 100 Å². The summed E-state index contributed by atoms with van der Waals surface area (Å²) in [4.78, 5) is 169. The molecule has 2 fully saturated rings. The SMILES string of the molecule is CCCCCCCC(=O)N1CCCC[C@H]1C(=O)N(C)[C@@H](Cc1ccccc1)C(=O)N[C@@H](CCCN=C(N)N)C(=O)N[C@@H](CC(C)C)C(=O)N1CCC[C@H]1C(=O)N(C)[C@H](CC(C)C)C(=O)N[C@@H](CC(=O)O)C(=O)N[C@@H](CCCN=C(N)N)C(=O)N[C@H](C(N)=O)[C@@H](C)CC. The number of carboxylic acids is 1. The fourth-order valence-corrected chi connectivity index (χ4v) is 11.6. The van der Waals surface area contributed by atoms with E-state index in [2.05, 4.69) is 43.5 Å². The van der Waals surface area contributed by atoms with Crippen molar-refractivity contribution in [2.45, 2.75) is 231 Å². The lowest BCUT2D eigenvalue weighted by Crippen LogP contribution is -2.61. The van der Waals surface area contributed by atoms with E-state index in [1.54, 1.807) is 32.6 Å². The van der Waals surface area contributed by atoms with E-state index in [1.807, 2.05) is 44.2 Å². The van der Waals surface area contributed by atoms with Crippen LogP contribution in [-0.4, -0.2) is 196 Å². The Morgan fingerprint density at radius 3 is 1.61 bits per heavy atom. The van der Waals surface area contributed by atoms with E-state index in [1.165, 1.54) is 23.9 Å². The number of amides is 10. The molecule has 2 aliphatic rings. The molecule has 2 heterocycles. The molecule has 10 atom stereocenters. The summed E-state index contributed by atoms with van der Waals surface area (Å²) in [5, 5.41) is 23.4. The van der Waals surface area contributed by atoms with Crippen LogP contribution in [0, 0.1) is 17.8 Å². The van der Waals surface area contributed by atoms with E-state index in [0.717, 1.165) is 42.6 Å². The molecule has 0 aromatic heterocycles. The van der Waals surface area contributed by atoms with E-state index in [4.69, 9.17) is 28.7 Å². The number of benzene rings is 1. The van der Waals surface area contributed by atoms with E-state index in [0.29, 0.717) is 45.1 Å². The zero-order valence-electron chi connectivity index (χ0n) is 55.8. The number of aliphatic imine (C=N–C) groups is 2. The summed E-state index contributed by atoms with van der Waals surface area (Å²) in [7, 11) is 2.90. The molecule has 0 aliphatic carbocycles. The van der Waals surface area contributed by atoms with Crippen LogP contribution in [0.5, 0.6) is 0 Å². The second-order valence-corrected chi connectivity index (χ2v) is 25.3. The number of guanidine groups is 2. The number of rotatable bonds is 40. The number of carbonyl (C=O) groups is 11. The highest BCUT2D eigenvalue weighted by Gasteiger charge is 2.44. The van der Waals surface area contributed by atoms with Gasteiger partial charge in [0.05, 0.1) is 6.42 Å². The number of hydrogen-bond acceptors (Lipinski definition) is 13. The molecular weight excluding hydrogens is 1180 g/mol. The summed E-state index contributed by atoms with van der Waals surface area (Å²) < 4.78 is 0. The van der Waals surface area contributed by atoms with Crippen molar-refractivity contribution in [3.05, 3.63) is 35.9 Å². The Morgan fingerprint density at radius 1 is 0.576 bits per heavy atom. The first-order valence-corrected chi connectivity index (χ1v) is 32.8. The van der Waals surface area contributed by atoms with E-state index < -0.39 is 126 Å². The summed E-state index contributed by atoms with van der Waals surface area (Å²) in [6, 6.07) is -2.13. The number of aliphatic carboxylic acids is 1. The molecule has 0 unspecified atom stereocenters. The van der Waals surface area contributed by atoms with Gasteiger partial charge in [0.15, 0.2) is 11.9 Å². The van der Waals surface area contributed by atoms with Gasteiger partial charge in [0.25, 0.3) is 0 Å². The second-order valence-electron chi connectivity index (χ2n) is 25.3. The van der Waals surface area contributed by atoms with Gasteiger partial charge < -0.3 is 80.0 Å². The maximum Gasteiger partial charge on any atom is 0.305 e. The van der Waals surface area contributed by atoms with Crippen LogP contribution in [0.15, 0.2) is 40.3 Å². The van der Waals surface area contributed by atoms with Crippen molar-refractivity contribution in [2.75, 3.05) is 40.3 Å². The Morgan fingerprint density at radius 2 is 1.07 bits per heavy atom. The van der Waals surface area contributed by atoms with Crippen LogP contribution < -0.4 is 55.3 Å². The van der Waals surface area contributed by atoms with Crippen LogP contribution in [0.2, 0.25) is 0 Å². The van der Waals surface area contributed by atoms with Crippen molar-refractivity contribution < 1.29 is 57.8 Å². The number of nitrogens with zero attached hydrogens (tertiary/aromatic N) is 6. The monoisotopic (exact) mass is 1290 g/mol. The van der Waals surface area contributed by atoms with Crippen molar-refractivity contribution in [2.24, 2.45) is 56.4 Å². The van der Waals surface area contributed by atoms with Gasteiger partial charge in [0.1, 0.15) is 54.4 Å². The molecule has 1 aromatic rings. The minimum Gasteiger partial charge on any atom is -0.481 e. The fraction of sp³-hybridized carbons (Fsp3) is 0.703. The van der Waals surface area contributed by atoms with Crippen molar-refractivity contribution in [1.82, 2.24) is 46.2 Å². The van der Waals surface area contributed by atoms with Gasteiger partial charge in [0.2, 0.25) is 59.1 Å². The van der Waals surface area contributed by atoms with Gasteiger partial charge in [-0.2, -0.15) is 0 Å². The van der Waals surface area contributed by atoms with Crippen molar-refractivity contribution >= 4 is 77.0 Å². The highest BCUT2D eigenvalue weighted by molar-refractivity contribution is 5.99. The largest absolute Gasteiger partial charge is 0.481 e. The first kappa shape index (κ1) is 78.2. The Labute approximate surface area is 542 Å². The number of hydrogen-bond donors (Lipinski definition) is 11. The normalized spacial score (nSPS) is 17.3. The molecule has 0 bridgehead atoms. The molecule has 2 aliphatic heterocycles. The summed E-state index contributed by atoms with van der Waals surface area (Å²) in [6.45, 7) is 13.5. The van der Waals surface area contributed by atoms with Crippen LogP contribution >= 0.6 is 0 Å². The van der Waals surface area contributed by atoms with Gasteiger partial charge in [-0.25, -0.2) is 0 Å². The molecule has 0 spiro atoms. The number of unbranched alkanes of at least 4 members (excludes halogenated alkanes) is 4. The number of nitrogens with one attached hydrogen (secondary N) is 5. The van der Waals surface area contributed by atoms with E-state index in [9.17, 15) is 53.1 Å². The molecule has 28 nitrogen and oxygen atoms in total. The third-order valence-corrected chi connectivity index (χ3v) is 16.9. The molecule has 1 aromatic carbocycles. The van der Waals surface area contributed by atoms with Crippen LogP contribution in [0.4, 0.5) is 0 Å². The highest BCUT2D eigenvalue weighted by atomic mass is 16.4. The van der Waals surface area contributed by atoms with Crippen LogP contribution in [0.25, 0.3) is 0 Å². The molecule has 10 amide bonds. The fourth-order valence-electron chi connectivity index (χ4n) is 11.6. The smallest absolute Gasteiger partial charge is 0.305 e. The third-order valence-electron chi connectivity index (χ3n) is 16.9.